The normalized spacial score (nSPS) is 15.1. The molecule has 0 bridgehead atoms. The topological polar surface area (TPSA) is 80.8 Å². The molecular weight excluding hydrogens is 394 g/mol. The summed E-state index contributed by atoms with van der Waals surface area (Å²) in [5, 5.41) is 2.86. The van der Waals surface area contributed by atoms with Crippen LogP contribution in [-0.2, 0) is 9.59 Å². The van der Waals surface area contributed by atoms with E-state index in [9.17, 15) is 9.59 Å². The number of benzene rings is 2. The Kier molecular flexibility index (Phi) is 6.12. The second-order valence-corrected chi connectivity index (χ2v) is 7.10. The average Bonchev–Trinajstić information content (AvgIpc) is 2.81. The van der Waals surface area contributed by atoms with Gasteiger partial charge in [-0.2, -0.15) is 0 Å². The number of hydrogen-bond donors (Lipinski definition) is 1. The van der Waals surface area contributed by atoms with Crippen LogP contribution in [0, 0.1) is 0 Å². The molecule has 4 rings (SSSR count). The molecule has 0 spiro atoms. The summed E-state index contributed by atoms with van der Waals surface area (Å²) < 4.78 is 11.1. The van der Waals surface area contributed by atoms with E-state index in [-0.39, 0.29) is 18.2 Å². The van der Waals surface area contributed by atoms with Crippen LogP contribution < -0.4 is 19.7 Å². The second kappa shape index (κ2) is 9.30. The molecule has 31 heavy (non-hydrogen) atoms. The van der Waals surface area contributed by atoms with Gasteiger partial charge in [0.1, 0.15) is 5.75 Å². The van der Waals surface area contributed by atoms with Crippen LogP contribution in [0.3, 0.4) is 0 Å². The van der Waals surface area contributed by atoms with Gasteiger partial charge in [0.25, 0.3) is 5.91 Å². The van der Waals surface area contributed by atoms with E-state index >= 15 is 0 Å². The minimum atomic E-state index is -0.731. The van der Waals surface area contributed by atoms with Crippen molar-refractivity contribution in [2.75, 3.05) is 23.9 Å². The number of anilines is 2. The molecule has 2 amide bonds. The fraction of sp³-hybridized carbons (Fsp3) is 0.208. The van der Waals surface area contributed by atoms with Crippen molar-refractivity contribution in [2.45, 2.75) is 18.9 Å². The lowest BCUT2D eigenvalue weighted by atomic mass is 10.1. The lowest BCUT2D eigenvalue weighted by Crippen LogP contribution is -2.42. The minimum absolute atomic E-state index is 0.119. The van der Waals surface area contributed by atoms with Crippen molar-refractivity contribution in [1.82, 2.24) is 4.98 Å². The number of nitrogens with zero attached hydrogens (tertiary/aromatic N) is 2. The molecule has 1 aliphatic heterocycles. The largest absolute Gasteiger partial charge is 0.497 e. The van der Waals surface area contributed by atoms with Crippen LogP contribution in [0.1, 0.15) is 24.5 Å². The lowest BCUT2D eigenvalue weighted by Gasteiger charge is -2.33. The molecule has 1 atom stereocenters. The first kappa shape index (κ1) is 20.4. The Labute approximate surface area is 180 Å². The van der Waals surface area contributed by atoms with E-state index in [0.29, 0.717) is 30.2 Å². The summed E-state index contributed by atoms with van der Waals surface area (Å²) in [6, 6.07) is 20.1. The number of rotatable bonds is 7. The van der Waals surface area contributed by atoms with Crippen molar-refractivity contribution in [2.24, 2.45) is 0 Å². The summed E-state index contributed by atoms with van der Waals surface area (Å²) in [6.45, 7) is 0.367. The van der Waals surface area contributed by atoms with E-state index in [2.05, 4.69) is 10.3 Å². The molecule has 0 aliphatic carbocycles. The number of nitrogens with one attached hydrogen (secondary N) is 1. The monoisotopic (exact) mass is 417 g/mol. The number of pyridine rings is 1. The molecule has 0 unspecified atom stereocenters. The van der Waals surface area contributed by atoms with Gasteiger partial charge in [-0.15, -0.1) is 0 Å². The van der Waals surface area contributed by atoms with Crippen molar-refractivity contribution in [3.05, 3.63) is 78.5 Å². The first-order valence-electron chi connectivity index (χ1n) is 10.1. The van der Waals surface area contributed by atoms with Crippen LogP contribution >= 0.6 is 0 Å². The predicted molar refractivity (Wildman–Crippen MR) is 117 cm³/mol. The third kappa shape index (κ3) is 4.66. The van der Waals surface area contributed by atoms with Gasteiger partial charge in [0, 0.05) is 30.4 Å². The Bertz CT molecular complexity index is 1050. The van der Waals surface area contributed by atoms with Gasteiger partial charge < -0.3 is 14.8 Å². The summed E-state index contributed by atoms with van der Waals surface area (Å²) in [6.07, 6.45) is 1.66. The molecule has 0 fully saturated rings. The van der Waals surface area contributed by atoms with Gasteiger partial charge in [-0.1, -0.05) is 30.3 Å². The molecule has 0 radical (unpaired) electrons. The van der Waals surface area contributed by atoms with Gasteiger partial charge in [0.05, 0.1) is 7.11 Å². The first-order valence-corrected chi connectivity index (χ1v) is 10.1. The number of aromatic nitrogens is 1. The number of carbonyl (C=O) groups excluding carboxylic acids is 2. The SMILES string of the molecule is COc1ccc(NC(=O)CCCN2C(=O)[C@H](c3ccccc3)Oc3cccnc32)cc1. The number of fused-ring (bicyclic) bond motifs is 1. The summed E-state index contributed by atoms with van der Waals surface area (Å²) >= 11 is 0. The maximum atomic E-state index is 13.2. The van der Waals surface area contributed by atoms with Crippen LogP contribution in [0.5, 0.6) is 11.5 Å². The van der Waals surface area contributed by atoms with Crippen LogP contribution in [0.25, 0.3) is 0 Å². The molecule has 1 aromatic heterocycles. The third-order valence-electron chi connectivity index (χ3n) is 5.00. The summed E-state index contributed by atoms with van der Waals surface area (Å²) in [4.78, 5) is 31.4. The molecule has 1 N–H and O–H groups in total. The first-order chi connectivity index (χ1) is 15.2. The zero-order valence-corrected chi connectivity index (χ0v) is 17.2. The number of carbonyl (C=O) groups is 2. The fourth-order valence-electron chi connectivity index (χ4n) is 3.45. The highest BCUT2D eigenvalue weighted by Gasteiger charge is 2.36. The Hall–Kier alpha value is -3.87. The van der Waals surface area contributed by atoms with E-state index < -0.39 is 6.10 Å². The van der Waals surface area contributed by atoms with Gasteiger partial charge in [0.2, 0.25) is 12.0 Å². The zero-order valence-electron chi connectivity index (χ0n) is 17.2. The van der Waals surface area contributed by atoms with Crippen molar-refractivity contribution < 1.29 is 19.1 Å². The van der Waals surface area contributed by atoms with Gasteiger partial charge in [-0.3, -0.25) is 14.5 Å². The second-order valence-electron chi connectivity index (χ2n) is 7.10. The molecular formula is C24H23N3O4. The third-order valence-corrected chi connectivity index (χ3v) is 5.00. The van der Waals surface area contributed by atoms with Crippen molar-refractivity contribution >= 4 is 23.3 Å². The Morgan fingerprint density at radius 2 is 1.87 bits per heavy atom. The fourth-order valence-corrected chi connectivity index (χ4v) is 3.45. The van der Waals surface area contributed by atoms with Crippen molar-refractivity contribution in [3.63, 3.8) is 0 Å². The molecule has 1 aliphatic rings. The van der Waals surface area contributed by atoms with Crippen molar-refractivity contribution in [1.29, 1.82) is 0 Å². The van der Waals surface area contributed by atoms with Crippen LogP contribution in [0.15, 0.2) is 72.9 Å². The van der Waals surface area contributed by atoms with Crippen molar-refractivity contribution in [3.8, 4) is 11.5 Å². The standard InChI is InChI=1S/C24H23N3O4/c1-30-19-13-11-18(12-14-19)26-21(28)10-6-16-27-23-20(9-5-15-25-23)31-22(24(27)29)17-7-3-2-4-8-17/h2-5,7-9,11-15,22H,6,10,16H2,1H3,(H,26,28)/t22-/m0/s1. The predicted octanol–water partition coefficient (Wildman–Crippen LogP) is 3.98. The average molecular weight is 417 g/mol. The van der Waals surface area contributed by atoms with Gasteiger partial charge >= 0.3 is 0 Å². The maximum Gasteiger partial charge on any atom is 0.274 e. The maximum absolute atomic E-state index is 13.2. The number of ether oxygens (including phenoxy) is 2. The highest BCUT2D eigenvalue weighted by Crippen LogP contribution is 2.37. The molecule has 3 aromatic rings. The smallest absolute Gasteiger partial charge is 0.274 e. The highest BCUT2D eigenvalue weighted by molar-refractivity contribution is 5.99. The number of amides is 2. The van der Waals surface area contributed by atoms with Crippen LogP contribution in [0.2, 0.25) is 0 Å². The van der Waals surface area contributed by atoms with Gasteiger partial charge in [0.15, 0.2) is 11.6 Å². The molecule has 0 saturated carbocycles. The van der Waals surface area contributed by atoms with E-state index in [1.54, 1.807) is 54.6 Å². The minimum Gasteiger partial charge on any atom is -0.497 e. The molecule has 158 valence electrons. The van der Waals surface area contributed by atoms with E-state index in [0.717, 1.165) is 11.3 Å². The Balaban J connectivity index is 1.41. The van der Waals surface area contributed by atoms with E-state index in [1.165, 1.54) is 0 Å². The molecule has 2 aromatic carbocycles. The Morgan fingerprint density at radius 1 is 1.10 bits per heavy atom. The highest BCUT2D eigenvalue weighted by atomic mass is 16.5. The Morgan fingerprint density at radius 3 is 2.61 bits per heavy atom. The zero-order chi connectivity index (χ0) is 21.6. The number of methoxy groups -OCH3 is 1. The van der Waals surface area contributed by atoms with E-state index in [1.807, 2.05) is 30.3 Å². The van der Waals surface area contributed by atoms with Gasteiger partial charge in [-0.25, -0.2) is 4.98 Å². The van der Waals surface area contributed by atoms with Crippen LogP contribution in [0.4, 0.5) is 11.5 Å². The van der Waals surface area contributed by atoms with E-state index in [4.69, 9.17) is 9.47 Å². The molecule has 7 heteroatoms. The van der Waals surface area contributed by atoms with Crippen LogP contribution in [-0.4, -0.2) is 30.5 Å². The lowest BCUT2D eigenvalue weighted by molar-refractivity contribution is -0.127. The summed E-state index contributed by atoms with van der Waals surface area (Å²) in [7, 11) is 1.59. The summed E-state index contributed by atoms with van der Waals surface area (Å²) in [5.41, 5.74) is 1.48. The summed E-state index contributed by atoms with van der Waals surface area (Å²) in [5.74, 6) is 1.46. The van der Waals surface area contributed by atoms with Gasteiger partial charge in [-0.05, 0) is 42.8 Å². The molecule has 7 nitrogen and oxygen atoms in total. The molecule has 2 heterocycles. The number of hydrogen-bond acceptors (Lipinski definition) is 5. The molecule has 0 saturated heterocycles. The quantitative estimate of drug-likeness (QED) is 0.629.